The number of benzene rings is 1. The number of carbonyl (C=O) groups excluding carboxylic acids is 1. The van der Waals surface area contributed by atoms with Gasteiger partial charge in [0.2, 0.25) is 15.9 Å². The van der Waals surface area contributed by atoms with Crippen molar-refractivity contribution in [1.29, 1.82) is 0 Å². The maximum Gasteiger partial charge on any atom is 0.240 e. The molecule has 2 unspecified atom stereocenters. The summed E-state index contributed by atoms with van der Waals surface area (Å²) in [7, 11) is -0.829. The van der Waals surface area contributed by atoms with Crippen molar-refractivity contribution in [2.45, 2.75) is 30.7 Å². The quantitative estimate of drug-likeness (QED) is 0.677. The Morgan fingerprint density at radius 3 is 2.58 bits per heavy atom. The summed E-state index contributed by atoms with van der Waals surface area (Å²) in [6.45, 7) is 3.21. The van der Waals surface area contributed by atoms with E-state index >= 15 is 0 Å². The van der Waals surface area contributed by atoms with Crippen molar-refractivity contribution in [3.8, 4) is 11.5 Å². The van der Waals surface area contributed by atoms with Crippen LogP contribution < -0.4 is 19.9 Å². The first kappa shape index (κ1) is 20.5. The van der Waals surface area contributed by atoms with Crippen molar-refractivity contribution < 1.29 is 22.7 Å². The maximum absolute atomic E-state index is 12.4. The lowest BCUT2D eigenvalue weighted by Crippen LogP contribution is -2.37. The van der Waals surface area contributed by atoms with Gasteiger partial charge in [-0.2, -0.15) is 0 Å². The Bertz CT molecular complexity index is 738. The lowest BCUT2D eigenvalue weighted by molar-refractivity contribution is -0.131. The molecule has 3 N–H and O–H groups in total. The summed E-state index contributed by atoms with van der Waals surface area (Å²) < 4.78 is 37.5. The SMILES string of the molecule is COc1ccc(S(=O)(=O)NCCC(=O)N2CC(CN)CC2C)cc1OC. The average Bonchev–Trinajstić information content (AvgIpc) is 3.01. The van der Waals surface area contributed by atoms with E-state index in [4.69, 9.17) is 15.2 Å². The van der Waals surface area contributed by atoms with E-state index in [2.05, 4.69) is 4.72 Å². The van der Waals surface area contributed by atoms with E-state index in [0.29, 0.717) is 30.5 Å². The predicted octanol–water partition coefficient (Wildman–Crippen LogP) is 0.568. The number of nitrogens with one attached hydrogen (secondary N) is 1. The molecule has 1 aliphatic heterocycles. The number of methoxy groups -OCH3 is 2. The molecule has 2 atom stereocenters. The highest BCUT2D eigenvalue weighted by atomic mass is 32.2. The molecule has 2 rings (SSSR count). The average molecular weight is 385 g/mol. The van der Waals surface area contributed by atoms with Gasteiger partial charge in [0, 0.05) is 31.6 Å². The molecule has 0 aliphatic carbocycles. The van der Waals surface area contributed by atoms with Crippen molar-refractivity contribution in [3.05, 3.63) is 18.2 Å². The number of sulfonamides is 1. The van der Waals surface area contributed by atoms with Crippen molar-refractivity contribution in [2.75, 3.05) is 33.9 Å². The van der Waals surface area contributed by atoms with Crippen molar-refractivity contribution in [1.82, 2.24) is 9.62 Å². The van der Waals surface area contributed by atoms with E-state index < -0.39 is 10.0 Å². The van der Waals surface area contributed by atoms with E-state index in [1.807, 2.05) is 6.92 Å². The number of nitrogens with two attached hydrogens (primary N) is 1. The lowest BCUT2D eigenvalue weighted by Gasteiger charge is -2.21. The molecular weight excluding hydrogens is 358 g/mol. The lowest BCUT2D eigenvalue weighted by atomic mass is 10.1. The van der Waals surface area contributed by atoms with Crippen LogP contribution in [0.4, 0.5) is 0 Å². The van der Waals surface area contributed by atoms with Gasteiger partial charge in [-0.05, 0) is 37.9 Å². The van der Waals surface area contributed by atoms with E-state index in [1.54, 1.807) is 4.90 Å². The summed E-state index contributed by atoms with van der Waals surface area (Å²) in [5.74, 6) is 1.02. The normalized spacial score (nSPS) is 20.2. The number of hydrogen-bond acceptors (Lipinski definition) is 6. The fourth-order valence-electron chi connectivity index (χ4n) is 3.16. The van der Waals surface area contributed by atoms with Crippen LogP contribution in [0, 0.1) is 5.92 Å². The monoisotopic (exact) mass is 385 g/mol. The molecule has 1 saturated heterocycles. The highest BCUT2D eigenvalue weighted by Crippen LogP contribution is 2.29. The fourth-order valence-corrected chi connectivity index (χ4v) is 4.21. The zero-order chi connectivity index (χ0) is 19.3. The molecule has 0 spiro atoms. The fraction of sp³-hybridized carbons (Fsp3) is 0.588. The smallest absolute Gasteiger partial charge is 0.240 e. The van der Waals surface area contributed by atoms with Gasteiger partial charge in [0.25, 0.3) is 0 Å². The second kappa shape index (κ2) is 8.70. The molecule has 0 aromatic heterocycles. The van der Waals surface area contributed by atoms with E-state index in [-0.39, 0.29) is 29.8 Å². The summed E-state index contributed by atoms with van der Waals surface area (Å²) in [5.41, 5.74) is 5.68. The van der Waals surface area contributed by atoms with Crippen LogP contribution in [0.15, 0.2) is 23.1 Å². The van der Waals surface area contributed by atoms with Crippen molar-refractivity contribution in [2.24, 2.45) is 11.7 Å². The molecule has 1 aliphatic rings. The third-order valence-electron chi connectivity index (χ3n) is 4.61. The van der Waals surface area contributed by atoms with E-state index in [0.717, 1.165) is 6.42 Å². The molecule has 1 aromatic carbocycles. The summed E-state index contributed by atoms with van der Waals surface area (Å²) in [6, 6.07) is 4.48. The first-order valence-electron chi connectivity index (χ1n) is 8.53. The number of amides is 1. The minimum Gasteiger partial charge on any atom is -0.493 e. The van der Waals surface area contributed by atoms with E-state index in [1.165, 1.54) is 32.4 Å². The van der Waals surface area contributed by atoms with Gasteiger partial charge in [0.1, 0.15) is 0 Å². The molecule has 1 fully saturated rings. The number of nitrogens with zero attached hydrogens (tertiary/aromatic N) is 1. The molecule has 0 bridgehead atoms. The van der Waals surface area contributed by atoms with Crippen LogP contribution in [-0.4, -0.2) is 59.1 Å². The first-order valence-corrected chi connectivity index (χ1v) is 10.0. The molecule has 0 saturated carbocycles. The molecule has 26 heavy (non-hydrogen) atoms. The summed E-state index contributed by atoms with van der Waals surface area (Å²) in [5, 5.41) is 0. The highest BCUT2D eigenvalue weighted by molar-refractivity contribution is 7.89. The third kappa shape index (κ3) is 4.66. The van der Waals surface area contributed by atoms with Gasteiger partial charge >= 0.3 is 0 Å². The van der Waals surface area contributed by atoms with Gasteiger partial charge in [0.15, 0.2) is 11.5 Å². The Morgan fingerprint density at radius 1 is 1.31 bits per heavy atom. The Morgan fingerprint density at radius 2 is 2.00 bits per heavy atom. The van der Waals surface area contributed by atoms with Crippen molar-refractivity contribution >= 4 is 15.9 Å². The van der Waals surface area contributed by atoms with Crippen LogP contribution in [0.3, 0.4) is 0 Å². The second-order valence-corrected chi connectivity index (χ2v) is 8.16. The Labute approximate surface area is 154 Å². The first-order chi connectivity index (χ1) is 12.3. The summed E-state index contributed by atoms with van der Waals surface area (Å²) in [6.07, 6.45) is 0.994. The highest BCUT2D eigenvalue weighted by Gasteiger charge is 2.31. The Hall–Kier alpha value is -1.84. The Kier molecular flexibility index (Phi) is 6.85. The zero-order valence-electron chi connectivity index (χ0n) is 15.4. The molecular formula is C17H27N3O5S. The summed E-state index contributed by atoms with van der Waals surface area (Å²) in [4.78, 5) is 14.2. The van der Waals surface area contributed by atoms with Gasteiger partial charge in [0.05, 0.1) is 19.1 Å². The largest absolute Gasteiger partial charge is 0.493 e. The molecule has 1 amide bonds. The maximum atomic E-state index is 12.4. The number of hydrogen-bond donors (Lipinski definition) is 2. The van der Waals surface area contributed by atoms with Gasteiger partial charge in [-0.15, -0.1) is 0 Å². The molecule has 9 heteroatoms. The third-order valence-corrected chi connectivity index (χ3v) is 6.07. The van der Waals surface area contributed by atoms with Crippen LogP contribution in [0.2, 0.25) is 0 Å². The number of carbonyl (C=O) groups is 1. The van der Waals surface area contributed by atoms with Crippen LogP contribution in [0.1, 0.15) is 19.8 Å². The van der Waals surface area contributed by atoms with Gasteiger partial charge in [-0.3, -0.25) is 4.79 Å². The van der Waals surface area contributed by atoms with Gasteiger partial charge < -0.3 is 20.1 Å². The van der Waals surface area contributed by atoms with Gasteiger partial charge in [-0.1, -0.05) is 0 Å². The number of rotatable bonds is 8. The molecule has 1 heterocycles. The van der Waals surface area contributed by atoms with Crippen LogP contribution in [0.5, 0.6) is 11.5 Å². The topological polar surface area (TPSA) is 111 Å². The molecule has 1 aromatic rings. The zero-order valence-corrected chi connectivity index (χ0v) is 16.2. The van der Waals surface area contributed by atoms with Gasteiger partial charge in [-0.25, -0.2) is 13.1 Å². The van der Waals surface area contributed by atoms with E-state index in [9.17, 15) is 13.2 Å². The molecule has 146 valence electrons. The minimum atomic E-state index is -3.74. The second-order valence-electron chi connectivity index (χ2n) is 6.40. The summed E-state index contributed by atoms with van der Waals surface area (Å²) >= 11 is 0. The minimum absolute atomic E-state index is 0.0338. The molecule has 8 nitrogen and oxygen atoms in total. The van der Waals surface area contributed by atoms with Crippen LogP contribution in [0.25, 0.3) is 0 Å². The predicted molar refractivity (Wildman–Crippen MR) is 97.7 cm³/mol. The van der Waals surface area contributed by atoms with Crippen molar-refractivity contribution in [3.63, 3.8) is 0 Å². The van der Waals surface area contributed by atoms with Crippen LogP contribution >= 0.6 is 0 Å². The Balaban J connectivity index is 1.95. The van der Waals surface area contributed by atoms with Crippen LogP contribution in [-0.2, 0) is 14.8 Å². The standard InChI is InChI=1S/C17H27N3O5S/c1-12-8-13(10-18)11-20(12)17(21)6-7-19-26(22,23)14-4-5-15(24-2)16(9-14)25-3/h4-5,9,12-13,19H,6-8,10-11,18H2,1-3H3. The molecule has 0 radical (unpaired) electrons. The number of ether oxygens (including phenoxy) is 2. The number of likely N-dealkylation sites (tertiary alicyclic amines) is 1.